The summed E-state index contributed by atoms with van der Waals surface area (Å²) >= 11 is 6.09. The Morgan fingerprint density at radius 2 is 2.32 bits per heavy atom. The molecule has 106 valence electrons. The third kappa shape index (κ3) is 3.96. The van der Waals surface area contributed by atoms with Crippen LogP contribution >= 0.6 is 11.6 Å². The van der Waals surface area contributed by atoms with E-state index >= 15 is 0 Å². The van der Waals surface area contributed by atoms with E-state index in [1.807, 2.05) is 0 Å². The number of alkyl halides is 1. The first-order valence-corrected chi connectivity index (χ1v) is 7.43. The number of rotatable bonds is 5. The zero-order valence-electron chi connectivity index (χ0n) is 11.6. The van der Waals surface area contributed by atoms with Crippen LogP contribution in [0.25, 0.3) is 0 Å². The van der Waals surface area contributed by atoms with Crippen LogP contribution in [0.1, 0.15) is 33.1 Å². The van der Waals surface area contributed by atoms with Gasteiger partial charge < -0.3 is 9.88 Å². The summed E-state index contributed by atoms with van der Waals surface area (Å²) in [5.74, 6) is 1.46. The maximum Gasteiger partial charge on any atom is 0.293 e. The highest BCUT2D eigenvalue weighted by atomic mass is 35.5. The van der Waals surface area contributed by atoms with Gasteiger partial charge in [0.25, 0.3) is 5.56 Å². The van der Waals surface area contributed by atoms with Crippen LogP contribution in [0.5, 0.6) is 0 Å². The molecule has 0 aliphatic heterocycles. The van der Waals surface area contributed by atoms with Crippen LogP contribution in [0.4, 0.5) is 5.82 Å². The highest BCUT2D eigenvalue weighted by Crippen LogP contribution is 2.29. The Hall–Kier alpha value is -1.03. The summed E-state index contributed by atoms with van der Waals surface area (Å²) in [6.07, 6.45) is 6.67. The minimum absolute atomic E-state index is 0.0309. The highest BCUT2D eigenvalue weighted by Gasteiger charge is 2.22. The monoisotopic (exact) mass is 283 g/mol. The van der Waals surface area contributed by atoms with Gasteiger partial charge in [0.15, 0.2) is 5.82 Å². The number of aromatic nitrogens is 2. The molecule has 0 aromatic carbocycles. The number of hydrogen-bond donors (Lipinski definition) is 1. The van der Waals surface area contributed by atoms with E-state index in [0.29, 0.717) is 23.0 Å². The minimum Gasteiger partial charge on any atom is -0.365 e. The fourth-order valence-corrected chi connectivity index (χ4v) is 2.92. The van der Waals surface area contributed by atoms with Crippen molar-refractivity contribution in [1.82, 2.24) is 9.55 Å². The lowest BCUT2D eigenvalue weighted by atomic mass is 10.1. The third-order valence-electron chi connectivity index (χ3n) is 3.51. The maximum absolute atomic E-state index is 12.2. The molecule has 0 spiro atoms. The molecule has 1 fully saturated rings. The minimum atomic E-state index is -0.0309. The average Bonchev–Trinajstić information content (AvgIpc) is 2.76. The number of nitrogens with one attached hydrogen (secondary N) is 1. The fourth-order valence-electron chi connectivity index (χ4n) is 2.55. The molecule has 1 aromatic rings. The van der Waals surface area contributed by atoms with E-state index in [1.54, 1.807) is 17.0 Å². The molecule has 0 saturated heterocycles. The molecule has 1 heterocycles. The van der Waals surface area contributed by atoms with Crippen LogP contribution in [0.3, 0.4) is 0 Å². The summed E-state index contributed by atoms with van der Waals surface area (Å²) in [7, 11) is 0. The van der Waals surface area contributed by atoms with E-state index in [0.717, 1.165) is 32.4 Å². The summed E-state index contributed by atoms with van der Waals surface area (Å²) < 4.78 is 1.72. The SMILES string of the molecule is CC(C)Cn1ccnc(NCC2CCC(Cl)C2)c1=O. The van der Waals surface area contributed by atoms with E-state index in [1.165, 1.54) is 0 Å². The largest absolute Gasteiger partial charge is 0.365 e. The molecule has 1 saturated carbocycles. The molecule has 1 aromatic heterocycles. The van der Waals surface area contributed by atoms with Crippen molar-refractivity contribution in [3.05, 3.63) is 22.7 Å². The molecule has 1 aliphatic carbocycles. The van der Waals surface area contributed by atoms with Crippen molar-refractivity contribution < 1.29 is 0 Å². The lowest BCUT2D eigenvalue weighted by Crippen LogP contribution is -2.27. The van der Waals surface area contributed by atoms with Gasteiger partial charge in [-0.25, -0.2) is 4.98 Å². The normalized spacial score (nSPS) is 22.9. The topological polar surface area (TPSA) is 46.9 Å². The summed E-state index contributed by atoms with van der Waals surface area (Å²) in [6, 6.07) is 0. The smallest absolute Gasteiger partial charge is 0.293 e. The van der Waals surface area contributed by atoms with Gasteiger partial charge in [0.2, 0.25) is 0 Å². The van der Waals surface area contributed by atoms with E-state index in [9.17, 15) is 4.79 Å². The molecule has 4 nitrogen and oxygen atoms in total. The number of halogens is 1. The van der Waals surface area contributed by atoms with E-state index in [2.05, 4.69) is 24.1 Å². The molecule has 0 radical (unpaired) electrons. The van der Waals surface area contributed by atoms with Crippen LogP contribution in [-0.2, 0) is 6.54 Å². The van der Waals surface area contributed by atoms with Crippen molar-refractivity contribution in [2.45, 2.75) is 45.0 Å². The standard InChI is InChI=1S/C14H22ClN3O/c1-10(2)9-18-6-5-16-13(14(18)19)17-8-11-3-4-12(15)7-11/h5-6,10-12H,3-4,7-9H2,1-2H3,(H,16,17). The average molecular weight is 284 g/mol. The quantitative estimate of drug-likeness (QED) is 0.845. The molecule has 5 heteroatoms. The molecular formula is C14H22ClN3O. The molecule has 2 atom stereocenters. The fraction of sp³-hybridized carbons (Fsp3) is 0.714. The Morgan fingerprint density at radius 3 is 2.95 bits per heavy atom. The van der Waals surface area contributed by atoms with Gasteiger partial charge >= 0.3 is 0 Å². The first kappa shape index (κ1) is 14.4. The summed E-state index contributed by atoms with van der Waals surface area (Å²) in [5, 5.41) is 3.49. The number of nitrogens with zero attached hydrogens (tertiary/aromatic N) is 2. The predicted molar refractivity (Wildman–Crippen MR) is 78.8 cm³/mol. The van der Waals surface area contributed by atoms with Crippen molar-refractivity contribution in [2.24, 2.45) is 11.8 Å². The van der Waals surface area contributed by atoms with Gasteiger partial charge in [0.05, 0.1) is 0 Å². The number of anilines is 1. The molecule has 0 bridgehead atoms. The van der Waals surface area contributed by atoms with E-state index < -0.39 is 0 Å². The van der Waals surface area contributed by atoms with Crippen LogP contribution in [0.15, 0.2) is 17.2 Å². The number of hydrogen-bond acceptors (Lipinski definition) is 3. The van der Waals surface area contributed by atoms with Crippen molar-refractivity contribution in [1.29, 1.82) is 0 Å². The second-order valence-corrected chi connectivity index (χ2v) is 6.40. The van der Waals surface area contributed by atoms with E-state index in [4.69, 9.17) is 11.6 Å². The van der Waals surface area contributed by atoms with E-state index in [-0.39, 0.29) is 5.56 Å². The van der Waals surface area contributed by atoms with Gasteiger partial charge in [-0.2, -0.15) is 0 Å². The molecule has 19 heavy (non-hydrogen) atoms. The molecule has 2 rings (SSSR count). The van der Waals surface area contributed by atoms with Gasteiger partial charge in [-0.3, -0.25) is 4.79 Å². The van der Waals surface area contributed by atoms with Gasteiger partial charge in [0, 0.05) is 30.9 Å². The second kappa shape index (κ2) is 6.42. The summed E-state index contributed by atoms with van der Waals surface area (Å²) in [5.41, 5.74) is -0.0309. The summed E-state index contributed by atoms with van der Waals surface area (Å²) in [4.78, 5) is 16.3. The molecule has 0 amide bonds. The zero-order chi connectivity index (χ0) is 13.8. The first-order chi connectivity index (χ1) is 9.06. The van der Waals surface area contributed by atoms with Crippen LogP contribution in [-0.4, -0.2) is 21.5 Å². The van der Waals surface area contributed by atoms with Gasteiger partial charge in [-0.15, -0.1) is 11.6 Å². The Morgan fingerprint density at radius 1 is 1.53 bits per heavy atom. The molecule has 2 unspecified atom stereocenters. The Balaban J connectivity index is 1.98. The Labute approximate surface area is 119 Å². The van der Waals surface area contributed by atoms with Crippen LogP contribution in [0, 0.1) is 11.8 Å². The first-order valence-electron chi connectivity index (χ1n) is 6.99. The van der Waals surface area contributed by atoms with Crippen molar-refractivity contribution in [2.75, 3.05) is 11.9 Å². The van der Waals surface area contributed by atoms with Crippen molar-refractivity contribution >= 4 is 17.4 Å². The molecule has 1 N–H and O–H groups in total. The predicted octanol–water partition coefficient (Wildman–Crippen LogP) is 2.72. The highest BCUT2D eigenvalue weighted by molar-refractivity contribution is 6.20. The van der Waals surface area contributed by atoms with Gasteiger partial charge in [-0.05, 0) is 31.1 Å². The molecular weight excluding hydrogens is 262 g/mol. The van der Waals surface area contributed by atoms with Gasteiger partial charge in [-0.1, -0.05) is 13.8 Å². The lowest BCUT2D eigenvalue weighted by molar-refractivity contribution is 0.508. The van der Waals surface area contributed by atoms with Crippen molar-refractivity contribution in [3.8, 4) is 0 Å². The second-order valence-electron chi connectivity index (χ2n) is 5.78. The van der Waals surface area contributed by atoms with Crippen LogP contribution in [0.2, 0.25) is 0 Å². The Kier molecular flexibility index (Phi) is 4.86. The lowest BCUT2D eigenvalue weighted by Gasteiger charge is -2.13. The third-order valence-corrected chi connectivity index (χ3v) is 3.91. The van der Waals surface area contributed by atoms with Crippen LogP contribution < -0.4 is 10.9 Å². The Bertz CT molecular complexity index is 472. The summed E-state index contributed by atoms with van der Waals surface area (Å²) in [6.45, 7) is 5.71. The maximum atomic E-state index is 12.2. The zero-order valence-corrected chi connectivity index (χ0v) is 12.4. The van der Waals surface area contributed by atoms with Gasteiger partial charge in [0.1, 0.15) is 0 Å². The van der Waals surface area contributed by atoms with Crippen molar-refractivity contribution in [3.63, 3.8) is 0 Å². The molecule has 1 aliphatic rings.